The molecule has 1 nitrogen and oxygen atoms in total. The Morgan fingerprint density at radius 3 is 2.14 bits per heavy atom. The van der Waals surface area contributed by atoms with Gasteiger partial charge < -0.3 is 5.11 Å². The molecule has 0 N–H and O–H groups in total. The first-order valence-electron chi connectivity index (χ1n) is 7.10. The zero-order valence-corrected chi connectivity index (χ0v) is 14.2. The third kappa shape index (κ3) is 4.84. The van der Waals surface area contributed by atoms with E-state index in [0.29, 0.717) is 0 Å². The van der Waals surface area contributed by atoms with Crippen LogP contribution in [0, 0.1) is 13.8 Å². The van der Waals surface area contributed by atoms with Crippen LogP contribution in [0.2, 0.25) is 0 Å². The summed E-state index contributed by atoms with van der Waals surface area (Å²) in [4.78, 5) is 0. The molecule has 0 saturated carbocycles. The number of benzene rings is 1. The van der Waals surface area contributed by atoms with E-state index in [-0.39, 0.29) is 22.8 Å². The standard InChI is InChI=1S/C13H13.C7H8O.Fe/c1-10-7-8-13(9-11(10)2)12-5-3-4-6-12;1-6(8)7-4-2-3-5-7;/h3-9H,1-2H3;2-5,8H,1H3;/q-1;;+2/p-1. The van der Waals surface area contributed by atoms with Crippen molar-refractivity contribution in [1.82, 2.24) is 0 Å². The molecule has 0 saturated heterocycles. The molecular formula is C20H20FeO. The van der Waals surface area contributed by atoms with Crippen molar-refractivity contribution in [2.45, 2.75) is 20.8 Å². The molecule has 1 aliphatic rings. The number of aryl methyl sites for hydroxylation is 2. The summed E-state index contributed by atoms with van der Waals surface area (Å²) >= 11 is 0. The topological polar surface area (TPSA) is 23.1 Å². The first-order chi connectivity index (χ1) is 10.1. The third-order valence-electron chi connectivity index (χ3n) is 3.57. The summed E-state index contributed by atoms with van der Waals surface area (Å²) in [7, 11) is 0. The van der Waals surface area contributed by atoms with Crippen molar-refractivity contribution in [3.63, 3.8) is 0 Å². The van der Waals surface area contributed by atoms with Gasteiger partial charge in [0, 0.05) is 0 Å². The minimum atomic E-state index is 0. The molecule has 1 aliphatic carbocycles. The zero-order valence-electron chi connectivity index (χ0n) is 13.1. The van der Waals surface area contributed by atoms with Gasteiger partial charge in [-0.05, 0) is 25.0 Å². The Labute approximate surface area is 143 Å². The molecule has 0 aliphatic heterocycles. The van der Waals surface area contributed by atoms with Crippen molar-refractivity contribution < 1.29 is 22.2 Å². The van der Waals surface area contributed by atoms with Gasteiger partial charge in [0.1, 0.15) is 0 Å². The summed E-state index contributed by atoms with van der Waals surface area (Å²) in [5.41, 5.74) is 6.13. The fraction of sp³-hybridized carbons (Fsp3) is 0.150. The average molecular weight is 332 g/mol. The van der Waals surface area contributed by atoms with E-state index in [1.807, 2.05) is 24.3 Å². The van der Waals surface area contributed by atoms with E-state index in [2.05, 4.69) is 56.3 Å². The molecule has 3 rings (SSSR count). The molecule has 0 heterocycles. The Hall–Kier alpha value is -1.89. The number of hydrogen-bond acceptors (Lipinski definition) is 1. The molecule has 0 atom stereocenters. The van der Waals surface area contributed by atoms with E-state index in [0.717, 1.165) is 5.57 Å². The molecule has 0 amide bonds. The molecule has 2 aromatic carbocycles. The molecule has 0 fully saturated rings. The molecule has 2 heteroatoms. The molecule has 0 unspecified atom stereocenters. The average Bonchev–Trinajstić information content (AvgIpc) is 3.15. The van der Waals surface area contributed by atoms with E-state index in [1.54, 1.807) is 6.92 Å². The van der Waals surface area contributed by atoms with Crippen LogP contribution in [-0.2, 0) is 17.1 Å². The molecule has 0 bridgehead atoms. The van der Waals surface area contributed by atoms with Crippen LogP contribution < -0.4 is 5.11 Å². The summed E-state index contributed by atoms with van der Waals surface area (Å²) in [5.74, 6) is 0.134. The third-order valence-corrected chi connectivity index (χ3v) is 3.57. The van der Waals surface area contributed by atoms with E-state index >= 15 is 0 Å². The summed E-state index contributed by atoms with van der Waals surface area (Å²) < 4.78 is 0. The molecule has 2 aromatic rings. The maximum atomic E-state index is 10.5. The van der Waals surface area contributed by atoms with Gasteiger partial charge in [-0.1, -0.05) is 60.6 Å². The minimum absolute atomic E-state index is 0. The van der Waals surface area contributed by atoms with Crippen LogP contribution in [0.1, 0.15) is 18.1 Å². The Kier molecular flexibility index (Phi) is 7.04. The minimum Gasteiger partial charge on any atom is -0.875 e. The van der Waals surface area contributed by atoms with Crippen LogP contribution >= 0.6 is 0 Å². The van der Waals surface area contributed by atoms with Crippen molar-refractivity contribution in [2.75, 3.05) is 0 Å². The normalized spacial score (nSPS) is 11.7. The fourth-order valence-corrected chi connectivity index (χ4v) is 2.10. The first-order valence-corrected chi connectivity index (χ1v) is 7.10. The van der Waals surface area contributed by atoms with Crippen molar-refractivity contribution >= 4 is 0 Å². The first kappa shape index (κ1) is 18.2. The summed E-state index contributed by atoms with van der Waals surface area (Å²) in [5, 5.41) is 10.5. The predicted molar refractivity (Wildman–Crippen MR) is 87.9 cm³/mol. The van der Waals surface area contributed by atoms with Gasteiger partial charge in [-0.15, -0.1) is 11.8 Å². The monoisotopic (exact) mass is 332 g/mol. The number of hydrogen-bond donors (Lipinski definition) is 0. The summed E-state index contributed by atoms with van der Waals surface area (Å²) in [6.45, 7) is 5.86. The second-order valence-corrected chi connectivity index (χ2v) is 5.20. The van der Waals surface area contributed by atoms with Gasteiger partial charge in [0.05, 0.1) is 0 Å². The van der Waals surface area contributed by atoms with Gasteiger partial charge >= 0.3 is 17.1 Å². The van der Waals surface area contributed by atoms with Gasteiger partial charge in [0.15, 0.2) is 0 Å². The number of rotatable bonds is 1. The molecular weight excluding hydrogens is 312 g/mol. The van der Waals surface area contributed by atoms with Gasteiger partial charge in [0.2, 0.25) is 0 Å². The van der Waals surface area contributed by atoms with E-state index in [4.69, 9.17) is 0 Å². The Balaban J connectivity index is 0.000000234. The molecule has 114 valence electrons. The maximum absolute atomic E-state index is 10.5. The maximum Gasteiger partial charge on any atom is 2.00 e. The van der Waals surface area contributed by atoms with Crippen LogP contribution in [-0.4, -0.2) is 0 Å². The molecule has 0 aromatic heterocycles. The van der Waals surface area contributed by atoms with Crippen LogP contribution in [0.5, 0.6) is 0 Å². The largest absolute Gasteiger partial charge is 2.00 e. The van der Waals surface area contributed by atoms with Gasteiger partial charge in [-0.25, -0.2) is 0 Å². The van der Waals surface area contributed by atoms with Gasteiger partial charge in [-0.2, -0.15) is 23.8 Å². The van der Waals surface area contributed by atoms with E-state index in [9.17, 15) is 5.11 Å². The zero-order chi connectivity index (χ0) is 15.2. The van der Waals surface area contributed by atoms with Crippen LogP contribution in [0.15, 0.2) is 78.1 Å². The summed E-state index contributed by atoms with van der Waals surface area (Å²) in [6.07, 6.45) is 7.33. The van der Waals surface area contributed by atoms with E-state index < -0.39 is 0 Å². The fourth-order valence-electron chi connectivity index (χ4n) is 2.10. The van der Waals surface area contributed by atoms with Crippen molar-refractivity contribution in [1.29, 1.82) is 0 Å². The van der Waals surface area contributed by atoms with E-state index in [1.165, 1.54) is 22.3 Å². The number of allylic oxidation sites excluding steroid dienone is 6. The Morgan fingerprint density at radius 1 is 1.00 bits per heavy atom. The van der Waals surface area contributed by atoms with Crippen molar-refractivity contribution in [2.24, 2.45) is 0 Å². The second kappa shape index (κ2) is 8.53. The quantitative estimate of drug-likeness (QED) is 0.430. The van der Waals surface area contributed by atoms with Crippen LogP contribution in [0.3, 0.4) is 0 Å². The molecule has 0 spiro atoms. The molecule has 22 heavy (non-hydrogen) atoms. The van der Waals surface area contributed by atoms with Gasteiger partial charge in [-0.3, -0.25) is 0 Å². The molecule has 0 radical (unpaired) electrons. The Morgan fingerprint density at radius 2 is 1.68 bits per heavy atom. The Bertz CT molecular complexity index is 671. The van der Waals surface area contributed by atoms with Crippen LogP contribution in [0.4, 0.5) is 0 Å². The smallest absolute Gasteiger partial charge is 0.875 e. The van der Waals surface area contributed by atoms with Crippen molar-refractivity contribution in [3.05, 3.63) is 89.2 Å². The SMILES string of the molecule is CC([O-])=C1C=CC=C1.Cc1ccc(-c2ccc[cH-]2)cc1C.[Fe+2]. The second-order valence-electron chi connectivity index (χ2n) is 5.20. The van der Waals surface area contributed by atoms with Gasteiger partial charge in [0.25, 0.3) is 0 Å². The van der Waals surface area contributed by atoms with Crippen LogP contribution in [0.25, 0.3) is 11.1 Å². The van der Waals surface area contributed by atoms with Crippen molar-refractivity contribution in [3.8, 4) is 11.1 Å². The predicted octanol–water partition coefficient (Wildman–Crippen LogP) is 4.43. The summed E-state index contributed by atoms with van der Waals surface area (Å²) in [6, 6.07) is 15.0.